The van der Waals surface area contributed by atoms with Crippen LogP contribution in [0.5, 0.6) is 0 Å². The van der Waals surface area contributed by atoms with Crippen molar-refractivity contribution in [3.05, 3.63) is 0 Å². The van der Waals surface area contributed by atoms with Crippen LogP contribution >= 0.6 is 12.4 Å². The van der Waals surface area contributed by atoms with Gasteiger partial charge in [-0.25, -0.2) is 0 Å². The highest BCUT2D eigenvalue weighted by Gasteiger charge is 2.25. The quantitative estimate of drug-likeness (QED) is 0.526. The van der Waals surface area contributed by atoms with E-state index in [-0.39, 0.29) is 24.5 Å². The molecule has 1 unspecified atom stereocenters. The van der Waals surface area contributed by atoms with Gasteiger partial charge in [-0.15, -0.1) is 12.4 Å². The van der Waals surface area contributed by atoms with Gasteiger partial charge in [0.25, 0.3) is 0 Å². The topological polar surface area (TPSA) is 46.3 Å². The first kappa shape index (κ1) is 8.72. The lowest BCUT2D eigenvalue weighted by Crippen LogP contribution is -2.55. The Bertz CT molecular complexity index is 118. The number of hydrogen-bond acceptors (Lipinski definition) is 2. The number of rotatable bonds is 0. The van der Waals surface area contributed by atoms with E-state index < -0.39 is 0 Å². The number of hydrogen-bond donors (Lipinski definition) is 1. The van der Waals surface area contributed by atoms with Crippen molar-refractivity contribution >= 4 is 18.3 Å². The van der Waals surface area contributed by atoms with Crippen LogP contribution in [0, 0.1) is 0 Å². The van der Waals surface area contributed by atoms with Crippen LogP contribution < -0.4 is 5.73 Å². The maximum absolute atomic E-state index is 10.5. The molecule has 3 nitrogen and oxygen atoms in total. The van der Waals surface area contributed by atoms with E-state index in [1.54, 1.807) is 11.8 Å². The Balaban J connectivity index is 0.000000640. The molecule has 0 aromatic heterocycles. The summed E-state index contributed by atoms with van der Waals surface area (Å²) in [4.78, 5) is 12.1. The second kappa shape index (κ2) is 3.03. The maximum atomic E-state index is 10.5. The third-order valence-corrected chi connectivity index (χ3v) is 1.47. The molecule has 0 radical (unpaired) electrons. The second-order valence-electron chi connectivity index (χ2n) is 2.07. The molecule has 1 aliphatic heterocycles. The molecular formula is C5H11ClN2O. The summed E-state index contributed by atoms with van der Waals surface area (Å²) < 4.78 is 0. The van der Waals surface area contributed by atoms with E-state index in [0.717, 1.165) is 13.0 Å². The molecule has 1 amide bonds. The molecule has 0 saturated carbocycles. The minimum atomic E-state index is 0. The first-order chi connectivity index (χ1) is 3.72. The average Bonchev–Trinajstić information content (AvgIpc) is 1.61. The Hall–Kier alpha value is -0.280. The zero-order chi connectivity index (χ0) is 6.15. The Morgan fingerprint density at radius 2 is 2.33 bits per heavy atom. The minimum Gasteiger partial charge on any atom is -0.327 e. The van der Waals surface area contributed by atoms with Gasteiger partial charge < -0.3 is 10.6 Å². The molecule has 0 aromatic carbocycles. The highest BCUT2D eigenvalue weighted by molar-refractivity contribution is 5.85. The maximum Gasteiger partial charge on any atom is 0.220 e. The Morgan fingerprint density at radius 3 is 2.33 bits per heavy atom. The molecule has 1 atom stereocenters. The SMILES string of the molecule is CC(=O)N1CCC1N.Cl. The number of halogens is 1. The minimum absolute atomic E-state index is 0. The van der Waals surface area contributed by atoms with E-state index >= 15 is 0 Å². The van der Waals surface area contributed by atoms with Crippen LogP contribution in [0.3, 0.4) is 0 Å². The predicted molar refractivity (Wildman–Crippen MR) is 37.2 cm³/mol. The van der Waals surface area contributed by atoms with Crippen molar-refractivity contribution in [1.82, 2.24) is 4.90 Å². The molecule has 0 bridgehead atoms. The Morgan fingerprint density at radius 1 is 1.78 bits per heavy atom. The lowest BCUT2D eigenvalue weighted by molar-refractivity contribution is -0.136. The van der Waals surface area contributed by atoms with Gasteiger partial charge >= 0.3 is 0 Å². The molecule has 1 aliphatic rings. The van der Waals surface area contributed by atoms with Crippen LogP contribution in [0.4, 0.5) is 0 Å². The van der Waals surface area contributed by atoms with Crippen LogP contribution in [0.2, 0.25) is 0 Å². The molecule has 2 N–H and O–H groups in total. The fraction of sp³-hybridized carbons (Fsp3) is 0.800. The summed E-state index contributed by atoms with van der Waals surface area (Å²) in [6, 6.07) is 0. The molecule has 4 heteroatoms. The number of carbonyl (C=O) groups is 1. The van der Waals surface area contributed by atoms with E-state index in [0.29, 0.717) is 0 Å². The lowest BCUT2D eigenvalue weighted by Gasteiger charge is -2.37. The summed E-state index contributed by atoms with van der Waals surface area (Å²) in [5.41, 5.74) is 5.43. The molecular weight excluding hydrogens is 140 g/mol. The van der Waals surface area contributed by atoms with Crippen LogP contribution in [0.1, 0.15) is 13.3 Å². The number of carbonyl (C=O) groups excluding carboxylic acids is 1. The van der Waals surface area contributed by atoms with E-state index in [1.165, 1.54) is 0 Å². The summed E-state index contributed by atoms with van der Waals surface area (Å²) in [5, 5.41) is 0. The van der Waals surface area contributed by atoms with Crippen molar-refractivity contribution in [3.8, 4) is 0 Å². The van der Waals surface area contributed by atoms with Gasteiger partial charge in [-0.05, 0) is 6.42 Å². The third kappa shape index (κ3) is 1.56. The van der Waals surface area contributed by atoms with Gasteiger partial charge in [0.1, 0.15) is 0 Å². The van der Waals surface area contributed by atoms with Crippen molar-refractivity contribution in [2.24, 2.45) is 5.73 Å². The Kier molecular flexibility index (Phi) is 2.94. The average molecular weight is 151 g/mol. The van der Waals surface area contributed by atoms with Crippen LogP contribution in [-0.2, 0) is 4.79 Å². The van der Waals surface area contributed by atoms with Gasteiger partial charge in [0.2, 0.25) is 5.91 Å². The van der Waals surface area contributed by atoms with Gasteiger partial charge in [-0.1, -0.05) is 0 Å². The van der Waals surface area contributed by atoms with E-state index in [1.807, 2.05) is 0 Å². The number of likely N-dealkylation sites (tertiary alicyclic amines) is 1. The molecule has 54 valence electrons. The Labute approximate surface area is 60.6 Å². The van der Waals surface area contributed by atoms with Crippen LogP contribution in [-0.4, -0.2) is 23.5 Å². The molecule has 1 fully saturated rings. The monoisotopic (exact) mass is 150 g/mol. The van der Waals surface area contributed by atoms with E-state index in [9.17, 15) is 4.79 Å². The molecule has 0 aliphatic carbocycles. The molecule has 0 aromatic rings. The van der Waals surface area contributed by atoms with E-state index in [2.05, 4.69) is 0 Å². The summed E-state index contributed by atoms with van der Waals surface area (Å²) in [5.74, 6) is 0.0868. The number of nitrogens with zero attached hydrogens (tertiary/aromatic N) is 1. The molecule has 0 spiro atoms. The zero-order valence-corrected chi connectivity index (χ0v) is 6.15. The smallest absolute Gasteiger partial charge is 0.220 e. The van der Waals surface area contributed by atoms with Gasteiger partial charge in [-0.2, -0.15) is 0 Å². The van der Waals surface area contributed by atoms with Gasteiger partial charge in [0, 0.05) is 13.5 Å². The van der Waals surface area contributed by atoms with Crippen LogP contribution in [0.15, 0.2) is 0 Å². The number of nitrogens with two attached hydrogens (primary N) is 1. The summed E-state index contributed by atoms with van der Waals surface area (Å²) in [6.45, 7) is 2.38. The summed E-state index contributed by atoms with van der Waals surface area (Å²) >= 11 is 0. The highest BCUT2D eigenvalue weighted by Crippen LogP contribution is 2.10. The summed E-state index contributed by atoms with van der Waals surface area (Å²) in [7, 11) is 0. The van der Waals surface area contributed by atoms with Gasteiger partial charge in [0.05, 0.1) is 6.17 Å². The summed E-state index contributed by atoms with van der Waals surface area (Å²) in [6.07, 6.45) is 0.965. The first-order valence-electron chi connectivity index (χ1n) is 2.74. The van der Waals surface area contributed by atoms with Crippen molar-refractivity contribution in [1.29, 1.82) is 0 Å². The molecule has 9 heavy (non-hydrogen) atoms. The van der Waals surface area contributed by atoms with Crippen molar-refractivity contribution in [3.63, 3.8) is 0 Å². The van der Waals surface area contributed by atoms with E-state index in [4.69, 9.17) is 5.73 Å². The second-order valence-corrected chi connectivity index (χ2v) is 2.07. The van der Waals surface area contributed by atoms with Crippen molar-refractivity contribution in [2.45, 2.75) is 19.5 Å². The largest absolute Gasteiger partial charge is 0.327 e. The zero-order valence-electron chi connectivity index (χ0n) is 5.33. The standard InChI is InChI=1S/C5H10N2O.ClH/c1-4(8)7-3-2-5(7)6;/h5H,2-3,6H2,1H3;1H. The fourth-order valence-electron chi connectivity index (χ4n) is 0.798. The number of amides is 1. The predicted octanol–water partition coefficient (Wildman–Crippen LogP) is -0.0548. The first-order valence-corrected chi connectivity index (χ1v) is 2.74. The van der Waals surface area contributed by atoms with Gasteiger partial charge in [0.15, 0.2) is 0 Å². The lowest BCUT2D eigenvalue weighted by atomic mass is 10.1. The molecule has 1 saturated heterocycles. The fourth-order valence-corrected chi connectivity index (χ4v) is 0.798. The molecule has 1 rings (SSSR count). The molecule has 1 heterocycles. The van der Waals surface area contributed by atoms with Crippen molar-refractivity contribution < 1.29 is 4.79 Å². The van der Waals surface area contributed by atoms with Crippen LogP contribution in [0.25, 0.3) is 0 Å². The highest BCUT2D eigenvalue weighted by atomic mass is 35.5. The van der Waals surface area contributed by atoms with Crippen molar-refractivity contribution in [2.75, 3.05) is 6.54 Å². The third-order valence-electron chi connectivity index (χ3n) is 1.47. The van der Waals surface area contributed by atoms with Gasteiger partial charge in [-0.3, -0.25) is 4.79 Å². The normalized spacial score (nSPS) is 24.2.